The molecule has 1 aliphatic heterocycles. The number of hydrogen-bond donors (Lipinski definition) is 1. The minimum atomic E-state index is 0.553. The summed E-state index contributed by atoms with van der Waals surface area (Å²) >= 11 is 0. The van der Waals surface area contributed by atoms with Crippen molar-refractivity contribution in [2.75, 3.05) is 25.0 Å². The van der Waals surface area contributed by atoms with Crippen LogP contribution in [0.2, 0.25) is 0 Å². The molecule has 106 valence electrons. The highest BCUT2D eigenvalue weighted by Crippen LogP contribution is 2.34. The predicted octanol–water partition coefficient (Wildman–Crippen LogP) is 2.92. The normalized spacial score (nSPS) is 19.3. The molecule has 4 nitrogen and oxygen atoms in total. The van der Waals surface area contributed by atoms with Crippen LogP contribution in [0, 0.1) is 5.41 Å². The van der Waals surface area contributed by atoms with E-state index in [-0.39, 0.29) is 0 Å². The quantitative estimate of drug-likeness (QED) is 0.886. The van der Waals surface area contributed by atoms with Gasteiger partial charge in [-0.1, -0.05) is 20.3 Å². The van der Waals surface area contributed by atoms with Crippen LogP contribution in [0.3, 0.4) is 0 Å². The van der Waals surface area contributed by atoms with E-state index < -0.39 is 0 Å². The summed E-state index contributed by atoms with van der Waals surface area (Å²) in [6, 6.07) is 0. The molecule has 19 heavy (non-hydrogen) atoms. The van der Waals surface area contributed by atoms with Crippen molar-refractivity contribution in [3.05, 3.63) is 18.1 Å². The minimum Gasteiger partial charge on any atom is -0.369 e. The first-order valence-electron chi connectivity index (χ1n) is 7.42. The average Bonchev–Trinajstić information content (AvgIpc) is 2.44. The molecular weight excluding hydrogens is 236 g/mol. The molecule has 1 saturated heterocycles. The number of nitrogens with zero attached hydrogens (tertiary/aromatic N) is 3. The number of piperidine rings is 1. The van der Waals surface area contributed by atoms with Crippen LogP contribution in [0.25, 0.3) is 0 Å². The predicted molar refractivity (Wildman–Crippen MR) is 79.1 cm³/mol. The Kier molecular flexibility index (Phi) is 4.75. The summed E-state index contributed by atoms with van der Waals surface area (Å²) in [4.78, 5) is 11.4. The van der Waals surface area contributed by atoms with Gasteiger partial charge in [0.1, 0.15) is 5.82 Å². The van der Waals surface area contributed by atoms with Gasteiger partial charge in [-0.05, 0) is 38.3 Å². The van der Waals surface area contributed by atoms with Gasteiger partial charge in [0.2, 0.25) is 0 Å². The van der Waals surface area contributed by atoms with Crippen molar-refractivity contribution >= 4 is 5.82 Å². The third kappa shape index (κ3) is 3.90. The highest BCUT2D eigenvalue weighted by molar-refractivity contribution is 5.30. The molecular formula is C15H26N4. The maximum absolute atomic E-state index is 4.48. The fourth-order valence-electron chi connectivity index (χ4n) is 2.54. The zero-order valence-electron chi connectivity index (χ0n) is 12.4. The van der Waals surface area contributed by atoms with E-state index in [0.29, 0.717) is 5.41 Å². The van der Waals surface area contributed by atoms with Gasteiger partial charge in [0.05, 0.1) is 18.1 Å². The minimum absolute atomic E-state index is 0.553. The molecule has 0 aliphatic carbocycles. The van der Waals surface area contributed by atoms with Gasteiger partial charge >= 0.3 is 0 Å². The number of likely N-dealkylation sites (tertiary alicyclic amines) is 1. The van der Waals surface area contributed by atoms with E-state index in [4.69, 9.17) is 0 Å². The molecule has 1 aromatic rings. The molecule has 1 N–H and O–H groups in total. The van der Waals surface area contributed by atoms with Crippen molar-refractivity contribution in [1.29, 1.82) is 0 Å². The third-order valence-corrected chi connectivity index (χ3v) is 4.37. The molecule has 0 amide bonds. The van der Waals surface area contributed by atoms with Crippen LogP contribution in [0.1, 0.15) is 45.7 Å². The lowest BCUT2D eigenvalue weighted by Gasteiger charge is -2.38. The van der Waals surface area contributed by atoms with Gasteiger partial charge in [-0.15, -0.1) is 0 Å². The van der Waals surface area contributed by atoms with Crippen LogP contribution in [0.5, 0.6) is 0 Å². The van der Waals surface area contributed by atoms with E-state index in [2.05, 4.69) is 41.0 Å². The van der Waals surface area contributed by atoms with E-state index in [1.165, 1.54) is 32.4 Å². The third-order valence-electron chi connectivity index (χ3n) is 4.37. The van der Waals surface area contributed by atoms with Crippen molar-refractivity contribution in [3.63, 3.8) is 0 Å². The monoisotopic (exact) mass is 262 g/mol. The number of hydrogen-bond acceptors (Lipinski definition) is 4. The lowest BCUT2D eigenvalue weighted by Crippen LogP contribution is -2.38. The fourth-order valence-corrected chi connectivity index (χ4v) is 2.54. The Bertz CT molecular complexity index is 380. The van der Waals surface area contributed by atoms with E-state index in [9.17, 15) is 0 Å². The maximum Gasteiger partial charge on any atom is 0.144 e. The molecule has 0 radical (unpaired) electrons. The van der Waals surface area contributed by atoms with Crippen molar-refractivity contribution in [2.24, 2.45) is 5.41 Å². The van der Waals surface area contributed by atoms with Crippen molar-refractivity contribution in [2.45, 2.75) is 46.6 Å². The van der Waals surface area contributed by atoms with Crippen molar-refractivity contribution in [3.8, 4) is 0 Å². The summed E-state index contributed by atoms with van der Waals surface area (Å²) in [5, 5.41) is 3.17. The Morgan fingerprint density at radius 2 is 1.95 bits per heavy atom. The van der Waals surface area contributed by atoms with E-state index in [0.717, 1.165) is 24.6 Å². The second-order valence-electron chi connectivity index (χ2n) is 5.86. The molecule has 2 rings (SSSR count). The van der Waals surface area contributed by atoms with Crippen LogP contribution in [-0.4, -0.2) is 34.5 Å². The Morgan fingerprint density at radius 1 is 1.21 bits per heavy atom. The second-order valence-corrected chi connectivity index (χ2v) is 5.86. The molecule has 2 heterocycles. The standard InChI is InChI=1S/C15H26N4/c1-4-15(3)6-8-19(9-7-15)12-13-10-18-14(11-17-13)16-5-2/h10-11H,4-9,12H2,1-3H3,(H,16,18). The van der Waals surface area contributed by atoms with E-state index in [1.807, 2.05) is 12.4 Å². The highest BCUT2D eigenvalue weighted by Gasteiger charge is 2.28. The first-order valence-corrected chi connectivity index (χ1v) is 7.42. The molecule has 0 saturated carbocycles. The van der Waals surface area contributed by atoms with Crippen molar-refractivity contribution in [1.82, 2.24) is 14.9 Å². The number of anilines is 1. The van der Waals surface area contributed by atoms with Gasteiger partial charge in [0.25, 0.3) is 0 Å². The summed E-state index contributed by atoms with van der Waals surface area (Å²) in [7, 11) is 0. The average molecular weight is 262 g/mol. The van der Waals surface area contributed by atoms with Gasteiger partial charge in [0, 0.05) is 13.1 Å². The second kappa shape index (κ2) is 6.33. The summed E-state index contributed by atoms with van der Waals surface area (Å²) in [5.74, 6) is 0.864. The van der Waals surface area contributed by atoms with Crippen LogP contribution >= 0.6 is 0 Å². The van der Waals surface area contributed by atoms with Crippen LogP contribution < -0.4 is 5.32 Å². The van der Waals surface area contributed by atoms with Crippen molar-refractivity contribution < 1.29 is 0 Å². The van der Waals surface area contributed by atoms with Gasteiger partial charge in [-0.25, -0.2) is 4.98 Å². The summed E-state index contributed by atoms with van der Waals surface area (Å²) in [5.41, 5.74) is 1.62. The molecule has 0 aromatic carbocycles. The molecule has 0 atom stereocenters. The lowest BCUT2D eigenvalue weighted by atomic mass is 9.78. The molecule has 1 aliphatic rings. The Balaban J connectivity index is 1.85. The first-order chi connectivity index (χ1) is 9.15. The van der Waals surface area contributed by atoms with Gasteiger partial charge < -0.3 is 5.32 Å². The smallest absolute Gasteiger partial charge is 0.144 e. The Hall–Kier alpha value is -1.16. The number of aromatic nitrogens is 2. The van der Waals surface area contributed by atoms with Gasteiger partial charge in [0.15, 0.2) is 0 Å². The number of nitrogens with one attached hydrogen (secondary N) is 1. The fraction of sp³-hybridized carbons (Fsp3) is 0.733. The molecule has 1 fully saturated rings. The van der Waals surface area contributed by atoms with Gasteiger partial charge in [-0.3, -0.25) is 9.88 Å². The molecule has 1 aromatic heterocycles. The number of rotatable bonds is 5. The first kappa shape index (κ1) is 14.3. The largest absolute Gasteiger partial charge is 0.369 e. The topological polar surface area (TPSA) is 41.1 Å². The molecule has 0 bridgehead atoms. The Morgan fingerprint density at radius 3 is 2.47 bits per heavy atom. The zero-order valence-corrected chi connectivity index (χ0v) is 12.4. The highest BCUT2D eigenvalue weighted by atomic mass is 15.1. The van der Waals surface area contributed by atoms with Crippen LogP contribution in [-0.2, 0) is 6.54 Å². The summed E-state index contributed by atoms with van der Waals surface area (Å²) < 4.78 is 0. The molecule has 0 spiro atoms. The summed E-state index contributed by atoms with van der Waals surface area (Å²) in [6.45, 7) is 11.0. The van der Waals surface area contributed by atoms with Gasteiger partial charge in [-0.2, -0.15) is 0 Å². The molecule has 0 unspecified atom stereocenters. The van der Waals surface area contributed by atoms with E-state index >= 15 is 0 Å². The Labute approximate surface area is 116 Å². The summed E-state index contributed by atoms with van der Waals surface area (Å²) in [6.07, 6.45) is 7.61. The molecule has 4 heteroatoms. The SMILES string of the molecule is CCNc1cnc(CN2CCC(C)(CC)CC2)cn1. The van der Waals surface area contributed by atoms with E-state index in [1.54, 1.807) is 0 Å². The van der Waals surface area contributed by atoms with Crippen LogP contribution in [0.15, 0.2) is 12.4 Å². The maximum atomic E-state index is 4.48. The zero-order chi connectivity index (χ0) is 13.7. The lowest BCUT2D eigenvalue weighted by molar-refractivity contribution is 0.108. The van der Waals surface area contributed by atoms with Crippen LogP contribution in [0.4, 0.5) is 5.82 Å².